The minimum Gasteiger partial charge on any atom is -0.395 e. The fourth-order valence-electron chi connectivity index (χ4n) is 1.34. The molecule has 7 heteroatoms. The van der Waals surface area contributed by atoms with Crippen LogP contribution in [0.1, 0.15) is 6.92 Å². The van der Waals surface area contributed by atoms with E-state index in [4.69, 9.17) is 5.11 Å². The Bertz CT molecular complexity index is 441. The van der Waals surface area contributed by atoms with Crippen molar-refractivity contribution in [3.05, 3.63) is 29.6 Å². The van der Waals surface area contributed by atoms with Gasteiger partial charge in [0.25, 0.3) is 0 Å². The highest BCUT2D eigenvalue weighted by molar-refractivity contribution is 5.89. The minimum absolute atomic E-state index is 0.0631. The second-order valence-corrected chi connectivity index (χ2v) is 3.48. The van der Waals surface area contributed by atoms with Crippen LogP contribution in [0, 0.1) is 17.5 Å². The zero-order valence-corrected chi connectivity index (χ0v) is 9.71. The van der Waals surface area contributed by atoms with E-state index < -0.39 is 29.2 Å². The number of amides is 2. The summed E-state index contributed by atoms with van der Waals surface area (Å²) in [6, 6.07) is 0.222. The van der Waals surface area contributed by atoms with E-state index in [0.29, 0.717) is 12.1 Å². The second kappa shape index (κ2) is 6.25. The van der Waals surface area contributed by atoms with Crippen molar-refractivity contribution in [3.63, 3.8) is 0 Å². The van der Waals surface area contributed by atoms with Gasteiger partial charge in [-0.15, -0.1) is 0 Å². The van der Waals surface area contributed by atoms with Crippen LogP contribution in [0.2, 0.25) is 0 Å². The summed E-state index contributed by atoms with van der Waals surface area (Å²) in [6.45, 7) is 1.77. The molecule has 0 radical (unpaired) electrons. The highest BCUT2D eigenvalue weighted by atomic mass is 19.2. The lowest BCUT2D eigenvalue weighted by Crippen LogP contribution is -2.37. The average Bonchev–Trinajstić information content (AvgIpc) is 2.32. The number of nitrogens with zero attached hydrogens (tertiary/aromatic N) is 1. The summed E-state index contributed by atoms with van der Waals surface area (Å²) in [5.74, 6) is -3.65. The molecule has 18 heavy (non-hydrogen) atoms. The number of rotatable bonds is 4. The second-order valence-electron chi connectivity index (χ2n) is 3.48. The summed E-state index contributed by atoms with van der Waals surface area (Å²) < 4.78 is 38.8. The monoisotopic (exact) mass is 262 g/mol. The number of benzene rings is 1. The van der Waals surface area contributed by atoms with Crippen LogP contribution >= 0.6 is 0 Å². The molecule has 0 unspecified atom stereocenters. The highest BCUT2D eigenvalue weighted by Crippen LogP contribution is 2.18. The Morgan fingerprint density at radius 3 is 2.44 bits per heavy atom. The molecule has 0 atom stereocenters. The quantitative estimate of drug-likeness (QED) is 0.815. The minimum atomic E-state index is -1.33. The predicted molar refractivity (Wildman–Crippen MR) is 59.7 cm³/mol. The van der Waals surface area contributed by atoms with Gasteiger partial charge >= 0.3 is 6.03 Å². The Balaban J connectivity index is 2.84. The van der Waals surface area contributed by atoms with E-state index in [-0.39, 0.29) is 19.7 Å². The van der Waals surface area contributed by atoms with Crippen molar-refractivity contribution in [2.24, 2.45) is 0 Å². The largest absolute Gasteiger partial charge is 0.395 e. The molecule has 1 rings (SSSR count). The first-order chi connectivity index (χ1) is 8.49. The summed E-state index contributed by atoms with van der Waals surface area (Å²) in [5.41, 5.74) is -0.449. The molecule has 0 aliphatic carbocycles. The van der Waals surface area contributed by atoms with E-state index in [2.05, 4.69) is 5.32 Å². The molecule has 0 fully saturated rings. The van der Waals surface area contributed by atoms with E-state index >= 15 is 0 Å². The van der Waals surface area contributed by atoms with E-state index in [1.807, 2.05) is 0 Å². The fourth-order valence-corrected chi connectivity index (χ4v) is 1.34. The van der Waals surface area contributed by atoms with Gasteiger partial charge < -0.3 is 15.3 Å². The number of likely N-dealkylation sites (N-methyl/N-ethyl adjacent to an activating group) is 1. The van der Waals surface area contributed by atoms with Gasteiger partial charge in [0, 0.05) is 25.2 Å². The Hall–Kier alpha value is -1.76. The van der Waals surface area contributed by atoms with Gasteiger partial charge in [0.1, 0.15) is 5.82 Å². The van der Waals surface area contributed by atoms with Crippen LogP contribution in [0.25, 0.3) is 0 Å². The van der Waals surface area contributed by atoms with Crippen LogP contribution in [-0.4, -0.2) is 35.7 Å². The Kier molecular flexibility index (Phi) is 4.96. The van der Waals surface area contributed by atoms with Gasteiger partial charge in [0.05, 0.1) is 12.3 Å². The lowest BCUT2D eigenvalue weighted by atomic mass is 10.3. The number of carbonyl (C=O) groups excluding carboxylic acids is 1. The van der Waals surface area contributed by atoms with Crippen molar-refractivity contribution in [3.8, 4) is 0 Å². The molecule has 0 aromatic heterocycles. The van der Waals surface area contributed by atoms with Crippen LogP contribution in [-0.2, 0) is 0 Å². The molecule has 1 aromatic carbocycles. The number of hydrogen-bond acceptors (Lipinski definition) is 2. The molecule has 0 bridgehead atoms. The molecule has 0 heterocycles. The number of halogens is 3. The Labute approximate surface area is 102 Å². The molecule has 0 spiro atoms. The van der Waals surface area contributed by atoms with Gasteiger partial charge in [-0.2, -0.15) is 0 Å². The van der Waals surface area contributed by atoms with Gasteiger partial charge in [-0.25, -0.2) is 18.0 Å². The number of anilines is 1. The van der Waals surface area contributed by atoms with Crippen molar-refractivity contribution in [1.29, 1.82) is 0 Å². The van der Waals surface area contributed by atoms with Gasteiger partial charge in [-0.05, 0) is 6.92 Å². The smallest absolute Gasteiger partial charge is 0.321 e. The molecule has 4 nitrogen and oxygen atoms in total. The lowest BCUT2D eigenvalue weighted by Gasteiger charge is -2.20. The fraction of sp³-hybridized carbons (Fsp3) is 0.364. The van der Waals surface area contributed by atoms with E-state index in [0.717, 1.165) is 0 Å². The molecule has 1 aromatic rings. The van der Waals surface area contributed by atoms with Gasteiger partial charge in [-0.3, -0.25) is 0 Å². The van der Waals surface area contributed by atoms with Crippen molar-refractivity contribution in [2.45, 2.75) is 6.92 Å². The zero-order valence-electron chi connectivity index (χ0n) is 9.71. The molecule has 0 aliphatic rings. The molecular weight excluding hydrogens is 249 g/mol. The number of hydrogen-bond donors (Lipinski definition) is 2. The van der Waals surface area contributed by atoms with Gasteiger partial charge in [0.2, 0.25) is 0 Å². The maximum absolute atomic E-state index is 13.3. The number of aliphatic hydroxyl groups is 1. The third kappa shape index (κ3) is 3.36. The average molecular weight is 262 g/mol. The van der Waals surface area contributed by atoms with Crippen LogP contribution in [0.5, 0.6) is 0 Å². The Morgan fingerprint density at radius 2 is 1.89 bits per heavy atom. The number of aliphatic hydroxyl groups excluding tert-OH is 1. The number of urea groups is 1. The maximum Gasteiger partial charge on any atom is 0.321 e. The molecule has 0 saturated heterocycles. The molecule has 2 N–H and O–H groups in total. The van der Waals surface area contributed by atoms with Crippen LogP contribution in [0.4, 0.5) is 23.7 Å². The maximum atomic E-state index is 13.3. The summed E-state index contributed by atoms with van der Waals surface area (Å²) in [4.78, 5) is 12.8. The SMILES string of the molecule is CCN(CCO)C(=O)Nc1cc(F)c(F)cc1F. The molecule has 100 valence electrons. The van der Waals surface area contributed by atoms with Crippen LogP contribution in [0.3, 0.4) is 0 Å². The standard InChI is InChI=1S/C11H13F3N2O2/c1-2-16(3-4-17)11(18)15-10-6-8(13)7(12)5-9(10)14/h5-6,17H,2-4H2,1H3,(H,15,18). The van der Waals surface area contributed by atoms with Crippen LogP contribution < -0.4 is 5.32 Å². The van der Waals surface area contributed by atoms with Crippen molar-refractivity contribution in [1.82, 2.24) is 4.90 Å². The first-order valence-corrected chi connectivity index (χ1v) is 5.31. The molecule has 2 amide bonds. The normalized spacial score (nSPS) is 10.3. The first-order valence-electron chi connectivity index (χ1n) is 5.31. The summed E-state index contributed by atoms with van der Waals surface area (Å²) in [6.07, 6.45) is 0. The third-order valence-electron chi connectivity index (χ3n) is 2.29. The van der Waals surface area contributed by atoms with E-state index in [9.17, 15) is 18.0 Å². The van der Waals surface area contributed by atoms with Crippen molar-refractivity contribution >= 4 is 11.7 Å². The summed E-state index contributed by atoms with van der Waals surface area (Å²) in [5, 5.41) is 10.8. The van der Waals surface area contributed by atoms with Crippen molar-refractivity contribution in [2.75, 3.05) is 25.0 Å². The zero-order chi connectivity index (χ0) is 13.7. The highest BCUT2D eigenvalue weighted by Gasteiger charge is 2.15. The molecule has 0 aliphatic heterocycles. The predicted octanol–water partition coefficient (Wildman–Crippen LogP) is 1.95. The third-order valence-corrected chi connectivity index (χ3v) is 2.29. The molecule has 0 saturated carbocycles. The first kappa shape index (κ1) is 14.3. The summed E-state index contributed by atoms with van der Waals surface area (Å²) >= 11 is 0. The van der Waals surface area contributed by atoms with Gasteiger partial charge in [0.15, 0.2) is 11.6 Å². The Morgan fingerprint density at radius 1 is 1.28 bits per heavy atom. The van der Waals surface area contributed by atoms with Crippen LogP contribution in [0.15, 0.2) is 12.1 Å². The number of nitrogens with one attached hydrogen (secondary N) is 1. The topological polar surface area (TPSA) is 52.6 Å². The number of carbonyl (C=O) groups is 1. The van der Waals surface area contributed by atoms with E-state index in [1.165, 1.54) is 4.90 Å². The van der Waals surface area contributed by atoms with E-state index in [1.54, 1.807) is 6.92 Å². The van der Waals surface area contributed by atoms with Crippen molar-refractivity contribution < 1.29 is 23.1 Å². The lowest BCUT2D eigenvalue weighted by molar-refractivity contribution is 0.192. The van der Waals surface area contributed by atoms with Gasteiger partial charge in [-0.1, -0.05) is 0 Å². The summed E-state index contributed by atoms with van der Waals surface area (Å²) in [7, 11) is 0. The molecular formula is C11H13F3N2O2.